The Hall–Kier alpha value is -3.84. The number of nitriles is 1. The summed E-state index contributed by atoms with van der Waals surface area (Å²) in [4.78, 5) is 22.2. The van der Waals surface area contributed by atoms with Crippen LogP contribution in [0.2, 0.25) is 0 Å². The smallest absolute Gasteiger partial charge is 0.370 e. The number of hydrogen-bond acceptors (Lipinski definition) is 5. The van der Waals surface area contributed by atoms with Crippen molar-refractivity contribution in [1.82, 2.24) is 19.8 Å². The van der Waals surface area contributed by atoms with Crippen LogP contribution in [0.25, 0.3) is 11.4 Å². The number of anilines is 1. The molecule has 0 bridgehead atoms. The summed E-state index contributed by atoms with van der Waals surface area (Å²) in [5.41, 5.74) is 1.65. The van der Waals surface area contributed by atoms with Crippen LogP contribution in [0.1, 0.15) is 36.0 Å². The number of benzene rings is 1. The second-order valence-corrected chi connectivity index (χ2v) is 10.6. The first-order valence-electron chi connectivity index (χ1n) is 13.0. The van der Waals surface area contributed by atoms with Crippen molar-refractivity contribution in [3.8, 4) is 17.5 Å². The van der Waals surface area contributed by atoms with E-state index >= 15 is 0 Å². The van der Waals surface area contributed by atoms with Crippen molar-refractivity contribution < 1.29 is 18.0 Å². The van der Waals surface area contributed by atoms with Crippen molar-refractivity contribution in [1.29, 1.82) is 5.26 Å². The molecule has 10 heteroatoms. The van der Waals surface area contributed by atoms with Crippen LogP contribution in [-0.2, 0) is 23.6 Å². The molecule has 1 atom stereocenters. The van der Waals surface area contributed by atoms with Gasteiger partial charge in [-0.2, -0.15) is 18.4 Å². The highest BCUT2D eigenvalue weighted by Crippen LogP contribution is 2.38. The molecule has 0 spiro atoms. The van der Waals surface area contributed by atoms with Crippen LogP contribution < -0.4 is 10.2 Å². The van der Waals surface area contributed by atoms with E-state index < -0.39 is 17.3 Å². The molecule has 2 fully saturated rings. The van der Waals surface area contributed by atoms with Gasteiger partial charge >= 0.3 is 6.18 Å². The molecule has 0 aliphatic carbocycles. The Balaban J connectivity index is 1.42. The number of pyridine rings is 1. The molecule has 2 saturated heterocycles. The van der Waals surface area contributed by atoms with Gasteiger partial charge in [0.2, 0.25) is 5.91 Å². The molecule has 0 unspecified atom stereocenters. The highest BCUT2D eigenvalue weighted by Gasteiger charge is 2.41. The molecule has 3 aromatic rings. The van der Waals surface area contributed by atoms with Gasteiger partial charge in [-0.1, -0.05) is 6.07 Å². The van der Waals surface area contributed by atoms with Crippen molar-refractivity contribution in [3.05, 3.63) is 71.5 Å². The molecular weight excluding hydrogens is 505 g/mol. The van der Waals surface area contributed by atoms with Gasteiger partial charge in [-0.25, -0.2) is 0 Å². The van der Waals surface area contributed by atoms with Gasteiger partial charge in [-0.3, -0.25) is 9.78 Å². The fourth-order valence-electron chi connectivity index (χ4n) is 5.74. The predicted octanol–water partition coefficient (Wildman–Crippen LogP) is 4.54. The van der Waals surface area contributed by atoms with Gasteiger partial charge in [-0.15, -0.1) is 0 Å². The molecule has 2 aliphatic rings. The highest BCUT2D eigenvalue weighted by atomic mass is 19.4. The maximum absolute atomic E-state index is 13.4. The van der Waals surface area contributed by atoms with Crippen molar-refractivity contribution >= 4 is 11.6 Å². The fourth-order valence-corrected chi connectivity index (χ4v) is 5.74. The Bertz CT molecular complexity index is 1380. The lowest BCUT2D eigenvalue weighted by Gasteiger charge is -2.44. The molecule has 2 aromatic heterocycles. The zero-order valence-electron chi connectivity index (χ0n) is 22.0. The standard InChI is InChI=1S/C29H31F3N6O/c1-36-13-9-20(19-36)27(39)35-28(23-5-7-24(34-18-23)26-4-3-12-37(26)2)10-14-38(15-11-28)25-8-6-22(29(30,31)32)16-21(25)17-33/h3-8,12,16,18,20H,9-11,13-15,19H2,1-2H3,(H,35,39)/t20-/m0/s1. The van der Waals surface area contributed by atoms with Crippen LogP contribution in [0.3, 0.4) is 0 Å². The van der Waals surface area contributed by atoms with Crippen LogP contribution in [0.4, 0.5) is 18.9 Å². The first-order chi connectivity index (χ1) is 18.6. The van der Waals surface area contributed by atoms with Gasteiger partial charge < -0.3 is 19.7 Å². The van der Waals surface area contributed by atoms with Crippen LogP contribution in [0.15, 0.2) is 54.9 Å². The molecule has 1 N–H and O–H groups in total. The number of nitrogens with one attached hydrogen (secondary N) is 1. The van der Waals surface area contributed by atoms with E-state index in [4.69, 9.17) is 4.98 Å². The quantitative estimate of drug-likeness (QED) is 0.518. The lowest BCUT2D eigenvalue weighted by molar-refractivity contribution is -0.137. The molecule has 2 aliphatic heterocycles. The summed E-state index contributed by atoms with van der Waals surface area (Å²) < 4.78 is 41.6. The van der Waals surface area contributed by atoms with E-state index in [0.29, 0.717) is 38.2 Å². The first-order valence-corrected chi connectivity index (χ1v) is 13.0. The van der Waals surface area contributed by atoms with Gasteiger partial charge in [0.05, 0.1) is 39.7 Å². The van der Waals surface area contributed by atoms with Crippen LogP contribution in [0.5, 0.6) is 0 Å². The average Bonchev–Trinajstić information content (AvgIpc) is 3.56. The molecule has 1 aromatic carbocycles. The number of amides is 1. The Kier molecular flexibility index (Phi) is 7.12. The summed E-state index contributed by atoms with van der Waals surface area (Å²) in [6.07, 6.45) is 1.11. The number of rotatable bonds is 5. The average molecular weight is 537 g/mol. The Morgan fingerprint density at radius 1 is 1.13 bits per heavy atom. The van der Waals surface area contributed by atoms with E-state index in [0.717, 1.165) is 42.0 Å². The number of nitrogens with zero attached hydrogens (tertiary/aromatic N) is 5. The number of hydrogen-bond donors (Lipinski definition) is 1. The molecule has 7 nitrogen and oxygen atoms in total. The largest absolute Gasteiger partial charge is 0.416 e. The minimum Gasteiger partial charge on any atom is -0.370 e. The molecule has 1 amide bonds. The third-order valence-electron chi connectivity index (χ3n) is 8.05. The molecule has 39 heavy (non-hydrogen) atoms. The number of piperidine rings is 1. The van der Waals surface area contributed by atoms with E-state index in [9.17, 15) is 23.2 Å². The van der Waals surface area contributed by atoms with Crippen LogP contribution in [-0.4, -0.2) is 53.6 Å². The molecule has 0 radical (unpaired) electrons. The van der Waals surface area contributed by atoms with E-state index in [-0.39, 0.29) is 17.4 Å². The minimum absolute atomic E-state index is 0.00607. The van der Waals surface area contributed by atoms with Gasteiger partial charge in [0.25, 0.3) is 0 Å². The van der Waals surface area contributed by atoms with Gasteiger partial charge in [0.1, 0.15) is 6.07 Å². The summed E-state index contributed by atoms with van der Waals surface area (Å²) in [5.74, 6) is -0.0906. The Labute approximate surface area is 225 Å². The van der Waals surface area contributed by atoms with Crippen molar-refractivity contribution in [2.45, 2.75) is 31.0 Å². The molecule has 0 saturated carbocycles. The number of halogens is 3. The zero-order valence-corrected chi connectivity index (χ0v) is 22.0. The van der Waals surface area contributed by atoms with Gasteiger partial charge in [0, 0.05) is 39.1 Å². The monoisotopic (exact) mass is 536 g/mol. The van der Waals surface area contributed by atoms with Crippen molar-refractivity contribution in [2.75, 3.05) is 38.1 Å². The van der Waals surface area contributed by atoms with Crippen LogP contribution in [0, 0.1) is 17.2 Å². The van der Waals surface area contributed by atoms with Crippen molar-refractivity contribution in [2.24, 2.45) is 13.0 Å². The summed E-state index contributed by atoms with van der Waals surface area (Å²) in [7, 11) is 3.96. The number of alkyl halides is 3. The maximum Gasteiger partial charge on any atom is 0.416 e. The number of likely N-dealkylation sites (tertiary alicyclic amines) is 1. The summed E-state index contributed by atoms with van der Waals surface area (Å²) in [6, 6.07) is 13.1. The summed E-state index contributed by atoms with van der Waals surface area (Å²) >= 11 is 0. The number of aryl methyl sites for hydroxylation is 1. The molecule has 204 valence electrons. The maximum atomic E-state index is 13.4. The Morgan fingerprint density at radius 2 is 1.90 bits per heavy atom. The van der Waals surface area contributed by atoms with E-state index in [1.807, 2.05) is 66.3 Å². The highest BCUT2D eigenvalue weighted by molar-refractivity contribution is 5.80. The van der Waals surface area contributed by atoms with E-state index in [2.05, 4.69) is 10.2 Å². The van der Waals surface area contributed by atoms with Gasteiger partial charge in [0.15, 0.2) is 0 Å². The van der Waals surface area contributed by atoms with E-state index in [1.54, 1.807) is 0 Å². The zero-order chi connectivity index (χ0) is 27.8. The number of carbonyl (C=O) groups is 1. The third kappa shape index (κ3) is 5.36. The SMILES string of the molecule is CN1CC[C@H](C(=O)NC2(c3ccc(-c4cccn4C)nc3)CCN(c3ccc(C(F)(F)F)cc3C#N)CC2)C1. The number of aromatic nitrogens is 2. The fraction of sp³-hybridized carbons (Fsp3) is 0.414. The predicted molar refractivity (Wildman–Crippen MR) is 142 cm³/mol. The lowest BCUT2D eigenvalue weighted by atomic mass is 9.80. The normalized spacial score (nSPS) is 19.6. The minimum atomic E-state index is -4.52. The van der Waals surface area contributed by atoms with Gasteiger partial charge in [-0.05, 0) is 74.8 Å². The molecular formula is C29H31F3N6O. The lowest BCUT2D eigenvalue weighted by Crippen LogP contribution is -2.54. The summed E-state index contributed by atoms with van der Waals surface area (Å²) in [6.45, 7) is 2.50. The summed E-state index contributed by atoms with van der Waals surface area (Å²) in [5, 5.41) is 12.9. The Morgan fingerprint density at radius 3 is 2.46 bits per heavy atom. The van der Waals surface area contributed by atoms with E-state index in [1.165, 1.54) is 6.07 Å². The molecule has 4 heterocycles. The second kappa shape index (κ2) is 10.4. The second-order valence-electron chi connectivity index (χ2n) is 10.6. The topological polar surface area (TPSA) is 77.2 Å². The van der Waals surface area contributed by atoms with Crippen molar-refractivity contribution in [3.63, 3.8) is 0 Å². The third-order valence-corrected chi connectivity index (χ3v) is 8.05. The molecule has 5 rings (SSSR count). The van der Waals surface area contributed by atoms with Crippen LogP contribution >= 0.6 is 0 Å². The first kappa shape index (κ1) is 26.8. The number of carbonyl (C=O) groups excluding carboxylic acids is 1.